The van der Waals surface area contributed by atoms with Gasteiger partial charge in [-0.2, -0.15) is 0 Å². The summed E-state index contributed by atoms with van der Waals surface area (Å²) in [5, 5.41) is 14.8. The Balaban J connectivity index is 1.84. The molecule has 1 atom stereocenters. The van der Waals surface area contributed by atoms with Gasteiger partial charge in [-0.15, -0.1) is 0 Å². The maximum absolute atomic E-state index is 11.5. The summed E-state index contributed by atoms with van der Waals surface area (Å²) in [5.74, 6) is -1.06. The first-order valence-corrected chi connectivity index (χ1v) is 6.40. The van der Waals surface area contributed by atoms with Crippen molar-refractivity contribution in [1.29, 1.82) is 0 Å². The van der Waals surface area contributed by atoms with E-state index in [0.717, 1.165) is 16.5 Å². The summed E-state index contributed by atoms with van der Waals surface area (Å²) >= 11 is 0. The van der Waals surface area contributed by atoms with Gasteiger partial charge >= 0.3 is 12.0 Å². The highest BCUT2D eigenvalue weighted by atomic mass is 16.4. The average Bonchev–Trinajstić information content (AvgIpc) is 2.82. The number of hydrogen-bond donors (Lipinski definition) is 4. The zero-order valence-corrected chi connectivity index (χ0v) is 11.1. The van der Waals surface area contributed by atoms with Crippen LogP contribution in [0.5, 0.6) is 0 Å². The number of rotatable bonds is 5. The Morgan fingerprint density at radius 3 is 2.85 bits per heavy atom. The predicted octanol–water partition coefficient (Wildman–Crippen LogP) is 1.48. The highest BCUT2D eigenvalue weighted by molar-refractivity contribution is 5.83. The molecule has 1 heterocycles. The number of H-pyrrole nitrogens is 1. The van der Waals surface area contributed by atoms with Crippen LogP contribution < -0.4 is 10.6 Å². The number of hydrogen-bond acceptors (Lipinski definition) is 2. The molecular weight excluding hydrogens is 258 g/mol. The van der Waals surface area contributed by atoms with Gasteiger partial charge in [0.05, 0.1) is 0 Å². The molecule has 2 aromatic rings. The van der Waals surface area contributed by atoms with Gasteiger partial charge in [-0.05, 0) is 25.0 Å². The molecule has 6 heteroatoms. The van der Waals surface area contributed by atoms with E-state index in [0.29, 0.717) is 13.0 Å². The van der Waals surface area contributed by atoms with E-state index < -0.39 is 18.0 Å². The monoisotopic (exact) mass is 275 g/mol. The number of urea groups is 1. The van der Waals surface area contributed by atoms with Gasteiger partial charge in [-0.1, -0.05) is 18.2 Å². The second-order valence-corrected chi connectivity index (χ2v) is 4.57. The molecule has 0 saturated heterocycles. The van der Waals surface area contributed by atoms with Crippen LogP contribution in [0.4, 0.5) is 4.79 Å². The van der Waals surface area contributed by atoms with Crippen molar-refractivity contribution in [2.24, 2.45) is 0 Å². The fourth-order valence-corrected chi connectivity index (χ4v) is 1.96. The smallest absolute Gasteiger partial charge is 0.325 e. The number of aromatic amines is 1. The molecule has 6 nitrogen and oxygen atoms in total. The summed E-state index contributed by atoms with van der Waals surface area (Å²) in [6.07, 6.45) is 2.60. The van der Waals surface area contributed by atoms with Gasteiger partial charge in [0.25, 0.3) is 0 Å². The van der Waals surface area contributed by atoms with Crippen molar-refractivity contribution in [2.45, 2.75) is 19.4 Å². The zero-order valence-electron chi connectivity index (χ0n) is 11.1. The molecule has 20 heavy (non-hydrogen) atoms. The van der Waals surface area contributed by atoms with E-state index >= 15 is 0 Å². The van der Waals surface area contributed by atoms with Crippen LogP contribution in [0.3, 0.4) is 0 Å². The van der Waals surface area contributed by atoms with Crippen LogP contribution in [0, 0.1) is 0 Å². The third-order valence-electron chi connectivity index (χ3n) is 3.07. The summed E-state index contributed by atoms with van der Waals surface area (Å²) in [7, 11) is 0. The van der Waals surface area contributed by atoms with Crippen LogP contribution in [0.15, 0.2) is 30.5 Å². The van der Waals surface area contributed by atoms with Crippen molar-refractivity contribution in [3.63, 3.8) is 0 Å². The van der Waals surface area contributed by atoms with Gasteiger partial charge in [0, 0.05) is 23.6 Å². The topological polar surface area (TPSA) is 94.2 Å². The second-order valence-electron chi connectivity index (χ2n) is 4.57. The molecule has 0 bridgehead atoms. The Hall–Kier alpha value is -2.50. The standard InChI is InChI=1S/C14H17N3O3/c1-9(13(18)19)17-14(20)15-7-6-10-8-16-12-5-3-2-4-11(10)12/h2-5,8-9,16H,6-7H2,1H3,(H,18,19)(H2,15,17,20)/t9-/m0/s1. The summed E-state index contributed by atoms with van der Waals surface area (Å²) in [6.45, 7) is 1.86. The maximum atomic E-state index is 11.5. The number of aromatic nitrogens is 1. The predicted molar refractivity (Wildman–Crippen MR) is 75.6 cm³/mol. The maximum Gasteiger partial charge on any atom is 0.325 e. The zero-order chi connectivity index (χ0) is 14.5. The number of carbonyl (C=O) groups excluding carboxylic acids is 1. The molecule has 0 aliphatic rings. The lowest BCUT2D eigenvalue weighted by Crippen LogP contribution is -2.44. The van der Waals surface area contributed by atoms with Crippen molar-refractivity contribution < 1.29 is 14.7 Å². The largest absolute Gasteiger partial charge is 0.480 e. The number of aliphatic carboxylic acids is 1. The van der Waals surface area contributed by atoms with Gasteiger partial charge < -0.3 is 20.7 Å². The Morgan fingerprint density at radius 2 is 2.10 bits per heavy atom. The van der Waals surface area contributed by atoms with Crippen LogP contribution >= 0.6 is 0 Å². The minimum absolute atomic E-state index is 0.444. The number of nitrogens with one attached hydrogen (secondary N) is 3. The number of fused-ring (bicyclic) bond motifs is 1. The van der Waals surface area contributed by atoms with Gasteiger partial charge in [0.1, 0.15) is 6.04 Å². The first kappa shape index (κ1) is 13.9. The van der Waals surface area contributed by atoms with E-state index in [-0.39, 0.29) is 0 Å². The third kappa shape index (κ3) is 3.28. The minimum Gasteiger partial charge on any atom is -0.480 e. The van der Waals surface area contributed by atoms with E-state index in [1.54, 1.807) is 0 Å². The number of para-hydroxylation sites is 1. The van der Waals surface area contributed by atoms with Crippen LogP contribution in [-0.2, 0) is 11.2 Å². The highest BCUT2D eigenvalue weighted by Gasteiger charge is 2.13. The molecule has 0 radical (unpaired) electrons. The third-order valence-corrected chi connectivity index (χ3v) is 3.07. The Morgan fingerprint density at radius 1 is 1.35 bits per heavy atom. The molecule has 0 aliphatic carbocycles. The minimum atomic E-state index is -1.06. The van der Waals surface area contributed by atoms with Gasteiger partial charge in [0.2, 0.25) is 0 Å². The Labute approximate surface area is 116 Å². The van der Waals surface area contributed by atoms with E-state index in [9.17, 15) is 9.59 Å². The molecule has 0 saturated carbocycles. The van der Waals surface area contributed by atoms with Crippen LogP contribution in [0.25, 0.3) is 10.9 Å². The van der Waals surface area contributed by atoms with Crippen molar-refractivity contribution in [3.05, 3.63) is 36.0 Å². The summed E-state index contributed by atoms with van der Waals surface area (Å²) in [6, 6.07) is 6.57. The average molecular weight is 275 g/mol. The molecule has 0 aliphatic heterocycles. The summed E-state index contributed by atoms with van der Waals surface area (Å²) in [5.41, 5.74) is 2.18. The molecular formula is C14H17N3O3. The first-order chi connectivity index (χ1) is 9.58. The molecule has 4 N–H and O–H groups in total. The van der Waals surface area contributed by atoms with E-state index in [2.05, 4.69) is 15.6 Å². The highest BCUT2D eigenvalue weighted by Crippen LogP contribution is 2.17. The fourth-order valence-electron chi connectivity index (χ4n) is 1.96. The summed E-state index contributed by atoms with van der Waals surface area (Å²) in [4.78, 5) is 25.2. The van der Waals surface area contributed by atoms with Gasteiger partial charge in [-0.25, -0.2) is 4.79 Å². The molecule has 106 valence electrons. The Kier molecular flexibility index (Phi) is 4.24. The van der Waals surface area contributed by atoms with Crippen molar-refractivity contribution >= 4 is 22.9 Å². The summed E-state index contributed by atoms with van der Waals surface area (Å²) < 4.78 is 0. The quantitative estimate of drug-likeness (QED) is 0.665. The van der Waals surface area contributed by atoms with Gasteiger partial charge in [0.15, 0.2) is 0 Å². The van der Waals surface area contributed by atoms with Crippen molar-refractivity contribution in [2.75, 3.05) is 6.54 Å². The van der Waals surface area contributed by atoms with Crippen molar-refractivity contribution in [3.8, 4) is 0 Å². The molecule has 1 aromatic carbocycles. The fraction of sp³-hybridized carbons (Fsp3) is 0.286. The number of carboxylic acids is 1. The van der Waals surface area contributed by atoms with E-state index in [1.165, 1.54) is 6.92 Å². The number of carboxylic acid groups (broad SMARTS) is 1. The first-order valence-electron chi connectivity index (χ1n) is 6.40. The lowest BCUT2D eigenvalue weighted by atomic mass is 10.1. The van der Waals surface area contributed by atoms with E-state index in [1.807, 2.05) is 30.5 Å². The molecule has 0 fully saturated rings. The lowest BCUT2D eigenvalue weighted by molar-refractivity contribution is -0.138. The van der Waals surface area contributed by atoms with Crippen LogP contribution in [0.1, 0.15) is 12.5 Å². The number of benzene rings is 1. The lowest BCUT2D eigenvalue weighted by Gasteiger charge is -2.10. The SMILES string of the molecule is C[C@H](NC(=O)NCCc1c[nH]c2ccccc12)C(=O)O. The molecule has 2 rings (SSSR count). The Bertz CT molecular complexity index is 621. The normalized spacial score (nSPS) is 12.1. The molecule has 0 spiro atoms. The molecule has 2 amide bonds. The van der Waals surface area contributed by atoms with Crippen LogP contribution in [0.2, 0.25) is 0 Å². The van der Waals surface area contributed by atoms with Gasteiger partial charge in [-0.3, -0.25) is 4.79 Å². The van der Waals surface area contributed by atoms with Crippen molar-refractivity contribution in [1.82, 2.24) is 15.6 Å². The van der Waals surface area contributed by atoms with Crippen LogP contribution in [-0.4, -0.2) is 34.7 Å². The number of amides is 2. The van der Waals surface area contributed by atoms with E-state index in [4.69, 9.17) is 5.11 Å². The second kappa shape index (κ2) is 6.10. The molecule has 1 aromatic heterocycles. The number of carbonyl (C=O) groups is 2. The molecule has 0 unspecified atom stereocenters.